The summed E-state index contributed by atoms with van der Waals surface area (Å²) in [5, 5.41) is 23.6. The van der Waals surface area contributed by atoms with Crippen LogP contribution in [0.1, 0.15) is 37.3 Å². The van der Waals surface area contributed by atoms with Gasteiger partial charge in [-0.25, -0.2) is 4.79 Å². The zero-order chi connectivity index (χ0) is 22.6. The van der Waals surface area contributed by atoms with Gasteiger partial charge in [0.15, 0.2) is 0 Å². The van der Waals surface area contributed by atoms with Gasteiger partial charge in [-0.05, 0) is 36.1 Å². The van der Waals surface area contributed by atoms with E-state index in [9.17, 15) is 19.5 Å². The predicted molar refractivity (Wildman–Crippen MR) is 114 cm³/mol. The Kier molecular flexibility index (Phi) is 6.60. The van der Waals surface area contributed by atoms with Crippen LogP contribution in [-0.2, 0) is 14.3 Å². The maximum Gasteiger partial charge on any atom is 0.407 e. The summed E-state index contributed by atoms with van der Waals surface area (Å²) in [5.41, 5.74) is 2.82. The van der Waals surface area contributed by atoms with Crippen LogP contribution < -0.4 is 10.6 Å². The lowest BCUT2D eigenvalue weighted by molar-refractivity contribution is -0.142. The Morgan fingerprint density at radius 1 is 1.06 bits per heavy atom. The van der Waals surface area contributed by atoms with Crippen LogP contribution in [0.25, 0.3) is 11.1 Å². The number of ether oxygens (including phenoxy) is 1. The van der Waals surface area contributed by atoms with Crippen LogP contribution in [0.3, 0.4) is 0 Å². The van der Waals surface area contributed by atoms with E-state index in [0.717, 1.165) is 22.3 Å². The fourth-order valence-corrected chi connectivity index (χ4v) is 3.70. The molecule has 1 aliphatic carbocycles. The highest BCUT2D eigenvalue weighted by atomic mass is 16.5. The smallest absolute Gasteiger partial charge is 0.407 e. The number of carboxylic acid groups (broad SMARTS) is 1. The summed E-state index contributed by atoms with van der Waals surface area (Å²) in [4.78, 5) is 35.1. The highest BCUT2D eigenvalue weighted by molar-refractivity contribution is 5.85. The monoisotopic (exact) mass is 426 g/mol. The van der Waals surface area contributed by atoms with Gasteiger partial charge in [-0.2, -0.15) is 0 Å². The molecule has 0 aromatic heterocycles. The summed E-state index contributed by atoms with van der Waals surface area (Å²) in [6, 6.07) is 15.0. The molecule has 8 heteroatoms. The molecule has 1 aliphatic rings. The SMILES string of the molecule is C[C@H](NC(=O)OCC1c2ccccc2-c2ccccc21)C(=O)NCC(C)(O)CC(=O)O. The van der Waals surface area contributed by atoms with Gasteiger partial charge in [0.1, 0.15) is 12.6 Å². The Hall–Kier alpha value is -3.39. The van der Waals surface area contributed by atoms with Crippen molar-refractivity contribution < 1.29 is 29.3 Å². The topological polar surface area (TPSA) is 125 Å². The van der Waals surface area contributed by atoms with Crippen molar-refractivity contribution in [1.29, 1.82) is 0 Å². The van der Waals surface area contributed by atoms with Crippen molar-refractivity contribution in [3.63, 3.8) is 0 Å². The van der Waals surface area contributed by atoms with Crippen molar-refractivity contribution in [2.24, 2.45) is 0 Å². The molecule has 0 bridgehead atoms. The fraction of sp³-hybridized carbons (Fsp3) is 0.348. The number of hydrogen-bond donors (Lipinski definition) is 4. The van der Waals surface area contributed by atoms with E-state index in [1.165, 1.54) is 13.8 Å². The highest BCUT2D eigenvalue weighted by Crippen LogP contribution is 2.44. The first-order valence-electron chi connectivity index (χ1n) is 10.0. The average Bonchev–Trinajstić information content (AvgIpc) is 3.03. The Morgan fingerprint density at radius 3 is 2.16 bits per heavy atom. The Labute approximate surface area is 180 Å². The maximum absolute atomic E-state index is 12.2. The number of amides is 2. The summed E-state index contributed by atoms with van der Waals surface area (Å²) >= 11 is 0. The first-order chi connectivity index (χ1) is 14.7. The first kappa shape index (κ1) is 22.3. The molecule has 1 unspecified atom stereocenters. The van der Waals surface area contributed by atoms with Gasteiger partial charge in [0.2, 0.25) is 5.91 Å². The zero-order valence-electron chi connectivity index (χ0n) is 17.4. The Morgan fingerprint density at radius 2 is 1.61 bits per heavy atom. The van der Waals surface area contributed by atoms with E-state index in [0.29, 0.717) is 0 Å². The Balaban J connectivity index is 1.53. The summed E-state index contributed by atoms with van der Waals surface area (Å²) in [7, 11) is 0. The molecule has 0 radical (unpaired) electrons. The van der Waals surface area contributed by atoms with Crippen molar-refractivity contribution in [1.82, 2.24) is 10.6 Å². The molecule has 0 aliphatic heterocycles. The predicted octanol–water partition coefficient (Wildman–Crippen LogP) is 2.26. The molecule has 4 N–H and O–H groups in total. The molecule has 31 heavy (non-hydrogen) atoms. The van der Waals surface area contributed by atoms with Gasteiger partial charge in [0, 0.05) is 12.5 Å². The summed E-state index contributed by atoms with van der Waals surface area (Å²) in [6.07, 6.45) is -1.25. The quantitative estimate of drug-likeness (QED) is 0.513. The Bertz CT molecular complexity index is 942. The van der Waals surface area contributed by atoms with Crippen molar-refractivity contribution in [3.8, 4) is 11.1 Å². The van der Waals surface area contributed by atoms with Crippen LogP contribution in [-0.4, -0.2) is 53.0 Å². The van der Waals surface area contributed by atoms with Gasteiger partial charge >= 0.3 is 12.1 Å². The molecule has 0 saturated heterocycles. The van der Waals surface area contributed by atoms with E-state index in [4.69, 9.17) is 9.84 Å². The van der Waals surface area contributed by atoms with Crippen LogP contribution in [0.4, 0.5) is 4.79 Å². The van der Waals surface area contributed by atoms with Crippen LogP contribution in [0.2, 0.25) is 0 Å². The standard InChI is InChI=1S/C23H26N2O6/c1-14(21(28)24-13-23(2,30)11-20(26)27)25-22(29)31-12-19-17-9-5-3-7-15(17)16-8-4-6-10-18(16)19/h3-10,14,19,30H,11-13H2,1-2H3,(H,24,28)(H,25,29)(H,26,27)/t14-,23?/m0/s1. The number of alkyl carbamates (subject to hydrolysis) is 1. The van der Waals surface area contributed by atoms with Gasteiger partial charge in [0.25, 0.3) is 0 Å². The molecule has 2 atom stereocenters. The molecule has 0 spiro atoms. The number of rotatable bonds is 8. The number of carbonyl (C=O) groups is 3. The summed E-state index contributed by atoms with van der Waals surface area (Å²) in [5.74, 6) is -1.82. The van der Waals surface area contributed by atoms with Crippen LogP contribution in [0.15, 0.2) is 48.5 Å². The second kappa shape index (κ2) is 9.18. The van der Waals surface area contributed by atoms with Gasteiger partial charge in [-0.1, -0.05) is 48.5 Å². The van der Waals surface area contributed by atoms with Crippen molar-refractivity contribution >= 4 is 18.0 Å². The average molecular weight is 426 g/mol. The number of carbonyl (C=O) groups excluding carboxylic acids is 2. The van der Waals surface area contributed by atoms with Crippen LogP contribution >= 0.6 is 0 Å². The minimum Gasteiger partial charge on any atom is -0.481 e. The molecule has 164 valence electrons. The van der Waals surface area contributed by atoms with Crippen LogP contribution in [0, 0.1) is 0 Å². The normalized spacial score (nSPS) is 15.2. The lowest BCUT2D eigenvalue weighted by Gasteiger charge is -2.23. The second-order valence-corrected chi connectivity index (χ2v) is 7.98. The number of aliphatic hydroxyl groups is 1. The molecule has 3 rings (SSSR count). The van der Waals surface area contributed by atoms with Crippen molar-refractivity contribution in [2.45, 2.75) is 37.8 Å². The van der Waals surface area contributed by atoms with Crippen LogP contribution in [0.5, 0.6) is 0 Å². The summed E-state index contributed by atoms with van der Waals surface area (Å²) in [6.45, 7) is 2.66. The van der Waals surface area contributed by atoms with E-state index in [-0.39, 0.29) is 19.1 Å². The van der Waals surface area contributed by atoms with Gasteiger partial charge in [-0.15, -0.1) is 0 Å². The maximum atomic E-state index is 12.2. The van der Waals surface area contributed by atoms with Gasteiger partial charge in [-0.3, -0.25) is 9.59 Å². The third-order valence-corrected chi connectivity index (χ3v) is 5.25. The van der Waals surface area contributed by atoms with E-state index in [2.05, 4.69) is 10.6 Å². The van der Waals surface area contributed by atoms with E-state index < -0.39 is 36.0 Å². The van der Waals surface area contributed by atoms with Gasteiger partial charge < -0.3 is 25.6 Å². The zero-order valence-corrected chi connectivity index (χ0v) is 17.4. The number of fused-ring (bicyclic) bond motifs is 3. The minimum atomic E-state index is -1.59. The molecular formula is C23H26N2O6. The number of hydrogen-bond acceptors (Lipinski definition) is 5. The van der Waals surface area contributed by atoms with E-state index in [1.807, 2.05) is 48.5 Å². The second-order valence-electron chi connectivity index (χ2n) is 7.98. The molecule has 2 aromatic rings. The molecule has 0 saturated carbocycles. The molecule has 2 amide bonds. The number of nitrogens with one attached hydrogen (secondary N) is 2. The third kappa shape index (κ3) is 5.40. The fourth-order valence-electron chi connectivity index (χ4n) is 3.70. The van der Waals surface area contributed by atoms with Crippen molar-refractivity contribution in [3.05, 3.63) is 59.7 Å². The third-order valence-electron chi connectivity index (χ3n) is 5.25. The number of aliphatic carboxylic acids is 1. The molecule has 0 heterocycles. The van der Waals surface area contributed by atoms with Gasteiger partial charge in [0.05, 0.1) is 12.0 Å². The number of carboxylic acids is 1. The summed E-state index contributed by atoms with van der Waals surface area (Å²) < 4.78 is 5.40. The number of benzene rings is 2. The minimum absolute atomic E-state index is 0.0894. The van der Waals surface area contributed by atoms with E-state index in [1.54, 1.807) is 0 Å². The van der Waals surface area contributed by atoms with E-state index >= 15 is 0 Å². The largest absolute Gasteiger partial charge is 0.481 e. The molecular weight excluding hydrogens is 400 g/mol. The lowest BCUT2D eigenvalue weighted by Crippen LogP contribution is -2.49. The highest BCUT2D eigenvalue weighted by Gasteiger charge is 2.30. The lowest BCUT2D eigenvalue weighted by atomic mass is 9.98. The molecule has 2 aromatic carbocycles. The van der Waals surface area contributed by atoms with Crippen molar-refractivity contribution in [2.75, 3.05) is 13.2 Å². The molecule has 8 nitrogen and oxygen atoms in total. The molecule has 0 fully saturated rings. The first-order valence-corrected chi connectivity index (χ1v) is 10.0.